The fraction of sp³-hybridized carbons (Fsp3) is 0.316. The van der Waals surface area contributed by atoms with Gasteiger partial charge in [0.2, 0.25) is 10.3 Å². The number of anilines is 1. The van der Waals surface area contributed by atoms with E-state index in [-0.39, 0.29) is 5.91 Å². The number of hydrogen-bond acceptors (Lipinski definition) is 5. The summed E-state index contributed by atoms with van der Waals surface area (Å²) in [4.78, 5) is 14.8. The molecule has 0 saturated carbocycles. The summed E-state index contributed by atoms with van der Waals surface area (Å²) < 4.78 is 1.80. The van der Waals surface area contributed by atoms with Crippen LogP contribution in [0.4, 0.5) is 5.13 Å². The zero-order chi connectivity index (χ0) is 18.6. The average molecular weight is 402 g/mol. The standard InChI is InChI=1S/C19H20ClN5OS/c20-15-7-5-14(6-8-15)9-10-21-17(26)16-4-3-13-25(16)19-23-22-18(27-19)24-11-1-2-12-24/h3-8,13H,1-2,9-12H2,(H,21,26). The van der Waals surface area contributed by atoms with E-state index in [9.17, 15) is 4.79 Å². The highest BCUT2D eigenvalue weighted by atomic mass is 35.5. The van der Waals surface area contributed by atoms with Gasteiger partial charge in [0.15, 0.2) is 0 Å². The summed E-state index contributed by atoms with van der Waals surface area (Å²) in [6.45, 7) is 2.61. The van der Waals surface area contributed by atoms with Gasteiger partial charge < -0.3 is 10.2 Å². The van der Waals surface area contributed by atoms with Crippen LogP contribution in [0, 0.1) is 0 Å². The van der Waals surface area contributed by atoms with Crippen LogP contribution in [-0.2, 0) is 6.42 Å². The van der Waals surface area contributed by atoms with Crippen LogP contribution in [0.15, 0.2) is 42.6 Å². The minimum absolute atomic E-state index is 0.119. The van der Waals surface area contributed by atoms with E-state index in [1.54, 1.807) is 10.6 Å². The van der Waals surface area contributed by atoms with Gasteiger partial charge in [-0.3, -0.25) is 9.36 Å². The fourth-order valence-corrected chi connectivity index (χ4v) is 4.16. The van der Waals surface area contributed by atoms with E-state index in [1.165, 1.54) is 24.2 Å². The number of amides is 1. The third kappa shape index (κ3) is 4.14. The third-order valence-corrected chi connectivity index (χ3v) is 5.82. The first-order valence-electron chi connectivity index (χ1n) is 8.99. The minimum atomic E-state index is -0.119. The van der Waals surface area contributed by atoms with Gasteiger partial charge in [0.25, 0.3) is 5.91 Å². The molecule has 1 N–H and O–H groups in total. The Morgan fingerprint density at radius 1 is 1.11 bits per heavy atom. The van der Waals surface area contributed by atoms with Crippen molar-refractivity contribution < 1.29 is 4.79 Å². The van der Waals surface area contributed by atoms with Crippen LogP contribution in [0.2, 0.25) is 5.02 Å². The van der Waals surface area contributed by atoms with Crippen molar-refractivity contribution in [3.8, 4) is 5.13 Å². The average Bonchev–Trinajstić information content (AvgIpc) is 3.42. The number of halogens is 1. The molecule has 0 spiro atoms. The molecular formula is C19H20ClN5OS. The zero-order valence-corrected chi connectivity index (χ0v) is 16.3. The van der Waals surface area contributed by atoms with Gasteiger partial charge in [-0.2, -0.15) is 0 Å². The Hall–Kier alpha value is -2.38. The highest BCUT2D eigenvalue weighted by Gasteiger charge is 2.19. The van der Waals surface area contributed by atoms with Crippen molar-refractivity contribution in [2.45, 2.75) is 19.3 Å². The maximum atomic E-state index is 12.6. The molecule has 1 aliphatic rings. The highest BCUT2D eigenvalue weighted by Crippen LogP contribution is 2.27. The van der Waals surface area contributed by atoms with E-state index in [1.807, 2.05) is 36.5 Å². The SMILES string of the molecule is O=C(NCCc1ccc(Cl)cc1)c1cccn1-c1nnc(N2CCCC2)s1. The molecule has 0 aliphatic carbocycles. The Morgan fingerprint density at radius 3 is 2.63 bits per heavy atom. The Balaban J connectivity index is 1.40. The lowest BCUT2D eigenvalue weighted by atomic mass is 10.1. The van der Waals surface area contributed by atoms with Crippen LogP contribution in [0.25, 0.3) is 5.13 Å². The van der Waals surface area contributed by atoms with Crippen LogP contribution in [-0.4, -0.2) is 40.3 Å². The molecule has 0 bridgehead atoms. The monoisotopic (exact) mass is 401 g/mol. The molecule has 4 rings (SSSR count). The zero-order valence-electron chi connectivity index (χ0n) is 14.8. The molecule has 1 aromatic carbocycles. The molecule has 1 aliphatic heterocycles. The van der Waals surface area contributed by atoms with Crippen LogP contribution >= 0.6 is 22.9 Å². The summed E-state index contributed by atoms with van der Waals surface area (Å²) in [5.74, 6) is -0.119. The summed E-state index contributed by atoms with van der Waals surface area (Å²) in [6, 6.07) is 11.3. The summed E-state index contributed by atoms with van der Waals surface area (Å²) in [5.41, 5.74) is 1.70. The van der Waals surface area contributed by atoms with E-state index in [0.29, 0.717) is 22.4 Å². The maximum Gasteiger partial charge on any atom is 0.268 e. The molecule has 3 aromatic rings. The smallest absolute Gasteiger partial charge is 0.268 e. The van der Waals surface area contributed by atoms with Crippen molar-refractivity contribution >= 4 is 34.0 Å². The van der Waals surface area contributed by atoms with Crippen molar-refractivity contribution in [3.05, 3.63) is 58.9 Å². The molecule has 8 heteroatoms. The van der Waals surface area contributed by atoms with Crippen LogP contribution in [0.5, 0.6) is 0 Å². The predicted octanol–water partition coefficient (Wildman–Crippen LogP) is 3.55. The second-order valence-electron chi connectivity index (χ2n) is 6.46. The first-order valence-corrected chi connectivity index (χ1v) is 10.2. The summed E-state index contributed by atoms with van der Waals surface area (Å²) in [6.07, 6.45) is 4.99. The molecule has 1 amide bonds. The lowest BCUT2D eigenvalue weighted by molar-refractivity contribution is 0.0947. The van der Waals surface area contributed by atoms with Gasteiger partial charge in [-0.05, 0) is 49.1 Å². The van der Waals surface area contributed by atoms with Crippen LogP contribution in [0.1, 0.15) is 28.9 Å². The molecule has 0 radical (unpaired) electrons. The third-order valence-electron chi connectivity index (χ3n) is 4.58. The van der Waals surface area contributed by atoms with Gasteiger partial charge in [-0.1, -0.05) is 35.1 Å². The lowest BCUT2D eigenvalue weighted by Crippen LogP contribution is -2.27. The Labute approximate surface area is 166 Å². The minimum Gasteiger partial charge on any atom is -0.350 e. The molecule has 3 heterocycles. The molecule has 0 atom stereocenters. The lowest BCUT2D eigenvalue weighted by Gasteiger charge is -2.11. The molecule has 0 unspecified atom stereocenters. The topological polar surface area (TPSA) is 63.1 Å². The number of nitrogens with zero attached hydrogens (tertiary/aromatic N) is 4. The fourth-order valence-electron chi connectivity index (χ4n) is 3.14. The quantitative estimate of drug-likeness (QED) is 0.686. The van der Waals surface area contributed by atoms with Gasteiger partial charge >= 0.3 is 0 Å². The van der Waals surface area contributed by atoms with E-state index in [4.69, 9.17) is 11.6 Å². The number of carbonyl (C=O) groups excluding carboxylic acids is 1. The Morgan fingerprint density at radius 2 is 1.85 bits per heavy atom. The number of benzene rings is 1. The molecule has 1 saturated heterocycles. The van der Waals surface area contributed by atoms with Gasteiger partial charge in [0.05, 0.1) is 0 Å². The summed E-state index contributed by atoms with van der Waals surface area (Å²) >= 11 is 7.41. The number of rotatable bonds is 6. The number of nitrogens with one attached hydrogen (secondary N) is 1. The molecule has 2 aromatic heterocycles. The first-order chi connectivity index (χ1) is 13.2. The molecule has 6 nitrogen and oxygen atoms in total. The van der Waals surface area contributed by atoms with E-state index >= 15 is 0 Å². The van der Waals surface area contributed by atoms with Crippen molar-refractivity contribution in [1.82, 2.24) is 20.1 Å². The summed E-state index contributed by atoms with van der Waals surface area (Å²) in [7, 11) is 0. The van der Waals surface area contributed by atoms with Gasteiger partial charge in [0, 0.05) is 30.9 Å². The van der Waals surface area contributed by atoms with Crippen LogP contribution < -0.4 is 10.2 Å². The van der Waals surface area contributed by atoms with Gasteiger partial charge in [-0.15, -0.1) is 10.2 Å². The second-order valence-corrected chi connectivity index (χ2v) is 7.83. The second kappa shape index (κ2) is 8.10. The summed E-state index contributed by atoms with van der Waals surface area (Å²) in [5, 5.41) is 13.9. The van der Waals surface area contributed by atoms with Crippen molar-refractivity contribution in [2.75, 3.05) is 24.5 Å². The normalized spacial score (nSPS) is 13.9. The van der Waals surface area contributed by atoms with Crippen molar-refractivity contribution in [3.63, 3.8) is 0 Å². The number of hydrogen-bond donors (Lipinski definition) is 1. The highest BCUT2D eigenvalue weighted by molar-refractivity contribution is 7.17. The van der Waals surface area contributed by atoms with E-state index < -0.39 is 0 Å². The molecule has 140 valence electrons. The van der Waals surface area contributed by atoms with E-state index in [0.717, 1.165) is 30.2 Å². The maximum absolute atomic E-state index is 12.6. The largest absolute Gasteiger partial charge is 0.350 e. The molecule has 27 heavy (non-hydrogen) atoms. The molecule has 1 fully saturated rings. The first kappa shape index (κ1) is 18.0. The molecular weight excluding hydrogens is 382 g/mol. The van der Waals surface area contributed by atoms with Gasteiger partial charge in [-0.25, -0.2) is 0 Å². The number of carbonyl (C=O) groups is 1. The van der Waals surface area contributed by atoms with Gasteiger partial charge in [0.1, 0.15) is 5.69 Å². The Kier molecular flexibility index (Phi) is 5.40. The number of aromatic nitrogens is 3. The predicted molar refractivity (Wildman–Crippen MR) is 108 cm³/mol. The van der Waals surface area contributed by atoms with Crippen LogP contribution in [0.3, 0.4) is 0 Å². The van der Waals surface area contributed by atoms with E-state index in [2.05, 4.69) is 20.4 Å². The Bertz CT molecular complexity index is 914. The van der Waals surface area contributed by atoms with Crippen molar-refractivity contribution in [1.29, 1.82) is 0 Å². The van der Waals surface area contributed by atoms with Crippen molar-refractivity contribution in [2.24, 2.45) is 0 Å².